The molecule has 0 radical (unpaired) electrons. The summed E-state index contributed by atoms with van der Waals surface area (Å²) in [6.07, 6.45) is 5.73. The number of aromatic nitrogens is 1. The van der Waals surface area contributed by atoms with Gasteiger partial charge in [0.2, 0.25) is 0 Å². The fraction of sp³-hybridized carbons (Fsp3) is 0.294. The lowest BCUT2D eigenvalue weighted by Crippen LogP contribution is -2.34. The third kappa shape index (κ3) is 6.10. The van der Waals surface area contributed by atoms with E-state index in [0.717, 1.165) is 11.3 Å². The lowest BCUT2D eigenvalue weighted by atomic mass is 10.2. The minimum Gasteiger partial charge on any atom is -0.748 e. The van der Waals surface area contributed by atoms with Gasteiger partial charge in [0.05, 0.1) is 27.6 Å². The molecular weight excluding hydrogens is 326 g/mol. The van der Waals surface area contributed by atoms with Crippen molar-refractivity contribution < 1.29 is 17.5 Å². The van der Waals surface area contributed by atoms with E-state index < -0.39 is 10.1 Å². The largest absolute Gasteiger partial charge is 0.748 e. The van der Waals surface area contributed by atoms with Crippen LogP contribution in [0.1, 0.15) is 17.5 Å². The molecule has 0 aliphatic carbocycles. The highest BCUT2D eigenvalue weighted by atomic mass is 32.2. The molecular formula is C17H21N3O3S. The Kier molecular flexibility index (Phi) is 6.05. The van der Waals surface area contributed by atoms with Gasteiger partial charge in [-0.2, -0.15) is 5.10 Å². The van der Waals surface area contributed by atoms with Crippen LogP contribution in [0.4, 0.5) is 5.69 Å². The second-order valence-electron chi connectivity index (χ2n) is 5.59. The number of hydrogen-bond acceptors (Lipinski definition) is 5. The Balaban J connectivity index is 1.99. The summed E-state index contributed by atoms with van der Waals surface area (Å²) in [4.78, 5) is 0. The molecule has 128 valence electrons. The molecule has 0 bridgehead atoms. The van der Waals surface area contributed by atoms with E-state index in [0.29, 0.717) is 13.0 Å². The molecule has 1 aromatic carbocycles. The van der Waals surface area contributed by atoms with Crippen LogP contribution < -0.4 is 9.58 Å². The van der Waals surface area contributed by atoms with E-state index in [9.17, 15) is 13.0 Å². The Morgan fingerprint density at radius 1 is 1.25 bits per heavy atom. The summed E-state index contributed by atoms with van der Waals surface area (Å²) < 4.78 is 33.7. The van der Waals surface area contributed by atoms with Gasteiger partial charge in [0.25, 0.3) is 0 Å². The maximum atomic E-state index is 10.6. The Morgan fingerprint density at radius 2 is 1.96 bits per heavy atom. The molecule has 1 heterocycles. The van der Waals surface area contributed by atoms with Crippen molar-refractivity contribution in [2.45, 2.75) is 19.9 Å². The van der Waals surface area contributed by atoms with Gasteiger partial charge in [-0.25, -0.2) is 13.0 Å². The average molecular weight is 347 g/mol. The Labute approximate surface area is 142 Å². The van der Waals surface area contributed by atoms with E-state index in [1.807, 2.05) is 67.3 Å². The van der Waals surface area contributed by atoms with Crippen LogP contribution >= 0.6 is 0 Å². The molecule has 0 N–H and O–H groups in total. The van der Waals surface area contributed by atoms with Gasteiger partial charge >= 0.3 is 0 Å². The van der Waals surface area contributed by atoms with E-state index in [1.165, 1.54) is 5.56 Å². The number of rotatable bonds is 7. The normalized spacial score (nSPS) is 11.8. The predicted octanol–water partition coefficient (Wildman–Crippen LogP) is 1.69. The summed E-state index contributed by atoms with van der Waals surface area (Å²) in [5.41, 5.74) is 3.07. The zero-order chi connectivity index (χ0) is 17.6. The minimum atomic E-state index is -4.16. The zero-order valence-electron chi connectivity index (χ0n) is 13.8. The van der Waals surface area contributed by atoms with E-state index in [4.69, 9.17) is 0 Å². The van der Waals surface area contributed by atoms with Crippen molar-refractivity contribution in [2.24, 2.45) is 5.10 Å². The Hall–Kier alpha value is -2.25. The van der Waals surface area contributed by atoms with Gasteiger partial charge in [-0.1, -0.05) is 17.7 Å². The van der Waals surface area contributed by atoms with Crippen LogP contribution in [0, 0.1) is 6.92 Å². The summed E-state index contributed by atoms with van der Waals surface area (Å²) in [5.74, 6) is -0.353. The van der Waals surface area contributed by atoms with Crippen molar-refractivity contribution in [1.29, 1.82) is 0 Å². The summed E-state index contributed by atoms with van der Waals surface area (Å²) in [7, 11) is -2.28. The minimum absolute atomic E-state index is 0.292. The van der Waals surface area contributed by atoms with Crippen LogP contribution in [0.3, 0.4) is 0 Å². The maximum Gasteiger partial charge on any atom is 0.177 e. The number of anilines is 1. The molecule has 24 heavy (non-hydrogen) atoms. The third-order valence-corrected chi connectivity index (χ3v) is 4.27. The van der Waals surface area contributed by atoms with Crippen LogP contribution in [0.2, 0.25) is 0 Å². The van der Waals surface area contributed by atoms with E-state index in [1.54, 1.807) is 11.2 Å². The van der Waals surface area contributed by atoms with Gasteiger partial charge in [0, 0.05) is 25.3 Å². The van der Waals surface area contributed by atoms with Crippen molar-refractivity contribution >= 4 is 22.0 Å². The van der Waals surface area contributed by atoms with Gasteiger partial charge in [-0.05, 0) is 25.1 Å². The number of nitrogens with zero attached hydrogens (tertiary/aromatic N) is 3. The molecule has 1 aromatic heterocycles. The molecule has 0 amide bonds. The monoisotopic (exact) mass is 347 g/mol. The number of pyridine rings is 1. The van der Waals surface area contributed by atoms with E-state index in [2.05, 4.69) is 5.10 Å². The molecule has 0 fully saturated rings. The van der Waals surface area contributed by atoms with Crippen LogP contribution in [-0.2, 0) is 16.7 Å². The SMILES string of the molecule is Cc1ccc(N(C)/N=C/c2ccc[n+](CCCS(=O)(=O)[O-])c2)cc1. The molecule has 2 rings (SSSR count). The molecule has 2 aromatic rings. The zero-order valence-corrected chi connectivity index (χ0v) is 14.6. The molecule has 0 aliphatic rings. The fourth-order valence-electron chi connectivity index (χ4n) is 2.16. The average Bonchev–Trinajstić information content (AvgIpc) is 2.52. The molecule has 7 heteroatoms. The molecule has 0 saturated heterocycles. The lowest BCUT2D eigenvalue weighted by molar-refractivity contribution is -0.696. The smallest absolute Gasteiger partial charge is 0.177 e. The number of hydrazone groups is 1. The first-order valence-electron chi connectivity index (χ1n) is 7.60. The highest BCUT2D eigenvalue weighted by Gasteiger charge is 2.04. The van der Waals surface area contributed by atoms with Crippen molar-refractivity contribution in [2.75, 3.05) is 17.8 Å². The van der Waals surface area contributed by atoms with E-state index in [-0.39, 0.29) is 5.75 Å². The van der Waals surface area contributed by atoms with Crippen LogP contribution in [0.5, 0.6) is 0 Å². The first kappa shape index (κ1) is 18.1. The van der Waals surface area contributed by atoms with Crippen LogP contribution in [0.25, 0.3) is 0 Å². The predicted molar refractivity (Wildman–Crippen MR) is 93.0 cm³/mol. The summed E-state index contributed by atoms with van der Waals surface area (Å²) in [6, 6.07) is 11.8. The quantitative estimate of drug-likeness (QED) is 0.330. The van der Waals surface area contributed by atoms with Gasteiger partial charge in [0.1, 0.15) is 6.54 Å². The van der Waals surface area contributed by atoms with Crippen molar-refractivity contribution in [3.8, 4) is 0 Å². The van der Waals surface area contributed by atoms with Crippen LogP contribution in [-0.4, -0.2) is 32.0 Å². The number of hydrogen-bond donors (Lipinski definition) is 0. The van der Waals surface area contributed by atoms with Crippen molar-refractivity contribution in [3.05, 3.63) is 59.9 Å². The van der Waals surface area contributed by atoms with Gasteiger partial charge < -0.3 is 4.55 Å². The Morgan fingerprint density at radius 3 is 2.62 bits per heavy atom. The molecule has 0 unspecified atom stereocenters. The third-order valence-electron chi connectivity index (χ3n) is 3.48. The number of benzene rings is 1. The molecule has 0 aliphatic heterocycles. The fourth-order valence-corrected chi connectivity index (χ4v) is 2.64. The lowest BCUT2D eigenvalue weighted by Gasteiger charge is -2.12. The van der Waals surface area contributed by atoms with Crippen molar-refractivity contribution in [1.82, 2.24) is 0 Å². The first-order chi connectivity index (χ1) is 11.3. The maximum absolute atomic E-state index is 10.6. The summed E-state index contributed by atoms with van der Waals surface area (Å²) >= 11 is 0. The topological polar surface area (TPSA) is 76.7 Å². The summed E-state index contributed by atoms with van der Waals surface area (Å²) in [5, 5.41) is 6.18. The summed E-state index contributed by atoms with van der Waals surface area (Å²) in [6.45, 7) is 2.50. The van der Waals surface area contributed by atoms with Gasteiger partial charge in [0.15, 0.2) is 12.4 Å². The second-order valence-corrected chi connectivity index (χ2v) is 7.12. The molecule has 6 nitrogen and oxygen atoms in total. The highest BCUT2D eigenvalue weighted by molar-refractivity contribution is 7.85. The standard InChI is InChI=1S/C17H21N3O3S/c1-15-6-8-17(9-7-15)19(2)18-13-16-5-3-10-20(14-16)11-4-12-24(21,22)23/h3,5-10,13-14H,4,11-12H2,1-2H3/b18-13+. The molecule has 0 atom stereocenters. The van der Waals surface area contributed by atoms with Crippen molar-refractivity contribution in [3.63, 3.8) is 0 Å². The highest BCUT2D eigenvalue weighted by Crippen LogP contribution is 2.13. The molecule has 0 spiro atoms. The van der Waals surface area contributed by atoms with E-state index >= 15 is 0 Å². The van der Waals surface area contributed by atoms with Crippen LogP contribution in [0.15, 0.2) is 53.9 Å². The second kappa shape index (κ2) is 8.03. The first-order valence-corrected chi connectivity index (χ1v) is 9.18. The Bertz CT molecular complexity index is 802. The number of aryl methyl sites for hydroxylation is 2. The van der Waals surface area contributed by atoms with Gasteiger partial charge in [-0.3, -0.25) is 5.01 Å². The molecule has 0 saturated carbocycles. The van der Waals surface area contributed by atoms with Gasteiger partial charge in [-0.15, -0.1) is 0 Å².